The van der Waals surface area contributed by atoms with Crippen LogP contribution >= 0.6 is 0 Å². The Morgan fingerprint density at radius 2 is 1.95 bits per heavy atom. The molecule has 2 aromatic rings. The lowest BCUT2D eigenvalue weighted by atomic mass is 10.1. The lowest BCUT2D eigenvalue weighted by Gasteiger charge is -2.10. The summed E-state index contributed by atoms with van der Waals surface area (Å²) >= 11 is 0. The minimum absolute atomic E-state index is 0.0182. The maximum atomic E-state index is 13.2. The molecule has 0 radical (unpaired) electrons. The molecule has 1 N–H and O–H groups in total. The van der Waals surface area contributed by atoms with Crippen molar-refractivity contribution >= 4 is 11.4 Å². The quantitative estimate of drug-likeness (QED) is 0.678. The van der Waals surface area contributed by atoms with E-state index in [-0.39, 0.29) is 11.5 Å². The average molecular weight is 274 g/mol. The molecule has 0 atom stereocenters. The van der Waals surface area contributed by atoms with Crippen molar-refractivity contribution in [2.24, 2.45) is 0 Å². The summed E-state index contributed by atoms with van der Waals surface area (Å²) in [5, 5.41) is 14.0. The van der Waals surface area contributed by atoms with Gasteiger partial charge in [0.05, 0.1) is 4.92 Å². The molecule has 0 saturated carbocycles. The normalized spacial score (nSPS) is 10.3. The van der Waals surface area contributed by atoms with E-state index in [1.165, 1.54) is 18.2 Å². The monoisotopic (exact) mass is 274 g/mol. The van der Waals surface area contributed by atoms with Crippen molar-refractivity contribution < 1.29 is 9.31 Å². The molecular weight excluding hydrogens is 259 g/mol. The fourth-order valence-corrected chi connectivity index (χ4v) is 1.97. The molecule has 0 fully saturated rings. The van der Waals surface area contributed by atoms with Crippen LogP contribution in [-0.4, -0.2) is 4.92 Å². The molecule has 2 rings (SSSR count). The minimum atomic E-state index is -0.430. The third-order valence-electron chi connectivity index (χ3n) is 3.13. The van der Waals surface area contributed by atoms with Gasteiger partial charge in [0, 0.05) is 12.6 Å². The number of benzene rings is 2. The van der Waals surface area contributed by atoms with Crippen LogP contribution in [-0.2, 0) is 6.54 Å². The van der Waals surface area contributed by atoms with Crippen LogP contribution in [0.4, 0.5) is 15.8 Å². The zero-order valence-corrected chi connectivity index (χ0v) is 11.3. The second-order valence-electron chi connectivity index (χ2n) is 4.70. The van der Waals surface area contributed by atoms with Gasteiger partial charge in [-0.05, 0) is 48.7 Å². The van der Waals surface area contributed by atoms with Crippen LogP contribution in [0.15, 0.2) is 36.4 Å². The third kappa shape index (κ3) is 3.12. The van der Waals surface area contributed by atoms with E-state index >= 15 is 0 Å². The van der Waals surface area contributed by atoms with Crippen molar-refractivity contribution in [1.82, 2.24) is 0 Å². The Labute approximate surface area is 116 Å². The van der Waals surface area contributed by atoms with Crippen LogP contribution in [0.3, 0.4) is 0 Å². The standard InChI is InChI=1S/C15H15FN2O2/c1-10-3-6-15(18(19)20)14(7-10)17-9-12-8-13(16)5-4-11(12)2/h3-8,17H,9H2,1-2H3. The fourth-order valence-electron chi connectivity index (χ4n) is 1.97. The Kier molecular flexibility index (Phi) is 3.98. The predicted molar refractivity (Wildman–Crippen MR) is 76.3 cm³/mol. The zero-order chi connectivity index (χ0) is 14.7. The summed E-state index contributed by atoms with van der Waals surface area (Å²) in [5.74, 6) is -0.314. The van der Waals surface area contributed by atoms with E-state index in [0.717, 1.165) is 16.7 Å². The summed E-state index contributed by atoms with van der Waals surface area (Å²) in [6.45, 7) is 4.08. The molecule has 5 heteroatoms. The molecule has 0 spiro atoms. The summed E-state index contributed by atoms with van der Waals surface area (Å²) in [6, 6.07) is 9.40. The molecule has 0 aliphatic rings. The van der Waals surface area contributed by atoms with Gasteiger partial charge in [-0.2, -0.15) is 0 Å². The maximum absolute atomic E-state index is 13.2. The number of nitrogens with one attached hydrogen (secondary N) is 1. The van der Waals surface area contributed by atoms with Gasteiger partial charge >= 0.3 is 0 Å². The molecule has 20 heavy (non-hydrogen) atoms. The summed E-state index contributed by atoms with van der Waals surface area (Å²) in [4.78, 5) is 10.5. The minimum Gasteiger partial charge on any atom is -0.375 e. The van der Waals surface area contributed by atoms with Crippen molar-refractivity contribution in [3.63, 3.8) is 0 Å². The highest BCUT2D eigenvalue weighted by Crippen LogP contribution is 2.26. The first-order valence-corrected chi connectivity index (χ1v) is 6.21. The first-order chi connectivity index (χ1) is 9.47. The smallest absolute Gasteiger partial charge is 0.292 e. The van der Waals surface area contributed by atoms with Gasteiger partial charge in [-0.1, -0.05) is 12.1 Å². The van der Waals surface area contributed by atoms with E-state index < -0.39 is 4.92 Å². The summed E-state index contributed by atoms with van der Waals surface area (Å²) in [6.07, 6.45) is 0. The Balaban J connectivity index is 2.24. The maximum Gasteiger partial charge on any atom is 0.292 e. The van der Waals surface area contributed by atoms with Crippen LogP contribution < -0.4 is 5.32 Å². The number of anilines is 1. The van der Waals surface area contributed by atoms with Crippen LogP contribution in [0.2, 0.25) is 0 Å². The van der Waals surface area contributed by atoms with E-state index in [2.05, 4.69) is 5.32 Å². The number of hydrogen-bond acceptors (Lipinski definition) is 3. The summed E-state index contributed by atoms with van der Waals surface area (Å²) < 4.78 is 13.2. The molecular formula is C15H15FN2O2. The fraction of sp³-hybridized carbons (Fsp3) is 0.200. The van der Waals surface area contributed by atoms with Gasteiger partial charge in [0.25, 0.3) is 5.69 Å². The lowest BCUT2D eigenvalue weighted by Crippen LogP contribution is -2.04. The molecule has 0 heterocycles. The van der Waals surface area contributed by atoms with E-state index in [1.54, 1.807) is 18.2 Å². The predicted octanol–water partition coefficient (Wildman–Crippen LogP) is 3.96. The van der Waals surface area contributed by atoms with E-state index in [9.17, 15) is 14.5 Å². The van der Waals surface area contributed by atoms with Gasteiger partial charge in [0.15, 0.2) is 0 Å². The highest BCUT2D eigenvalue weighted by Gasteiger charge is 2.13. The van der Waals surface area contributed by atoms with Gasteiger partial charge in [-0.3, -0.25) is 10.1 Å². The van der Waals surface area contributed by atoms with E-state index in [1.807, 2.05) is 13.8 Å². The number of halogens is 1. The molecule has 2 aromatic carbocycles. The number of nitro benzene ring substituents is 1. The molecule has 0 aliphatic heterocycles. The van der Waals surface area contributed by atoms with Crippen molar-refractivity contribution in [3.8, 4) is 0 Å². The average Bonchev–Trinajstić information content (AvgIpc) is 2.39. The van der Waals surface area contributed by atoms with E-state index in [4.69, 9.17) is 0 Å². The van der Waals surface area contributed by atoms with Crippen molar-refractivity contribution in [3.05, 3.63) is 69.0 Å². The summed E-state index contributed by atoms with van der Waals surface area (Å²) in [7, 11) is 0. The number of hydrogen-bond donors (Lipinski definition) is 1. The van der Waals surface area contributed by atoms with Crippen molar-refractivity contribution in [1.29, 1.82) is 0 Å². The largest absolute Gasteiger partial charge is 0.375 e. The van der Waals surface area contributed by atoms with Gasteiger partial charge in [0.2, 0.25) is 0 Å². The van der Waals surface area contributed by atoms with Crippen molar-refractivity contribution in [2.45, 2.75) is 20.4 Å². The molecule has 4 nitrogen and oxygen atoms in total. The lowest BCUT2D eigenvalue weighted by molar-refractivity contribution is -0.384. The molecule has 0 aliphatic carbocycles. The number of nitrogens with zero attached hydrogens (tertiary/aromatic N) is 1. The molecule has 0 bridgehead atoms. The molecule has 0 saturated heterocycles. The van der Waals surface area contributed by atoms with Crippen LogP contribution in [0.1, 0.15) is 16.7 Å². The highest BCUT2D eigenvalue weighted by molar-refractivity contribution is 5.62. The molecule has 0 aromatic heterocycles. The Hall–Kier alpha value is -2.43. The van der Waals surface area contributed by atoms with Crippen molar-refractivity contribution in [2.75, 3.05) is 5.32 Å². The molecule has 104 valence electrons. The Morgan fingerprint density at radius 3 is 2.65 bits per heavy atom. The zero-order valence-electron chi connectivity index (χ0n) is 11.3. The van der Waals surface area contributed by atoms with Crippen LogP contribution in [0, 0.1) is 29.8 Å². The number of nitro groups is 1. The van der Waals surface area contributed by atoms with Gasteiger partial charge < -0.3 is 5.32 Å². The number of rotatable bonds is 4. The Morgan fingerprint density at radius 1 is 1.20 bits per heavy atom. The second-order valence-corrected chi connectivity index (χ2v) is 4.70. The van der Waals surface area contributed by atoms with E-state index in [0.29, 0.717) is 12.2 Å². The Bertz CT molecular complexity index is 656. The third-order valence-corrected chi connectivity index (χ3v) is 3.13. The second kappa shape index (κ2) is 5.69. The number of aryl methyl sites for hydroxylation is 2. The first kappa shape index (κ1) is 14.0. The SMILES string of the molecule is Cc1ccc([N+](=O)[O-])c(NCc2cc(F)ccc2C)c1. The van der Waals surface area contributed by atoms with Gasteiger partial charge in [0.1, 0.15) is 11.5 Å². The topological polar surface area (TPSA) is 55.2 Å². The van der Waals surface area contributed by atoms with Gasteiger partial charge in [-0.25, -0.2) is 4.39 Å². The molecule has 0 amide bonds. The first-order valence-electron chi connectivity index (χ1n) is 6.21. The van der Waals surface area contributed by atoms with Crippen LogP contribution in [0.5, 0.6) is 0 Å². The van der Waals surface area contributed by atoms with Crippen LogP contribution in [0.25, 0.3) is 0 Å². The summed E-state index contributed by atoms with van der Waals surface area (Å²) in [5.41, 5.74) is 3.10. The molecule has 0 unspecified atom stereocenters. The highest BCUT2D eigenvalue weighted by atomic mass is 19.1. The van der Waals surface area contributed by atoms with Gasteiger partial charge in [-0.15, -0.1) is 0 Å².